The molecule has 0 radical (unpaired) electrons. The van der Waals surface area contributed by atoms with Crippen LogP contribution < -0.4 is 4.90 Å². The van der Waals surface area contributed by atoms with E-state index in [0.717, 1.165) is 30.6 Å². The minimum Gasteiger partial charge on any atom is -0.457 e. The standard InChI is InChI=1S/C24H29NO4/c1-24(2)19-9-4-5-10-20(19)25(3)21(24)13-18(26)14-29-23(28)17-11-15-7-6-8-16(12-17)22(15)27/h4-5,9-10,13,15-17H,6-8,11-12,14H2,1-3H3/t15-,16+,17?. The number of ether oxygens (including phenoxy) is 1. The van der Waals surface area contributed by atoms with Crippen molar-refractivity contribution in [3.05, 3.63) is 41.6 Å². The number of allylic oxidation sites excluding steroid dienone is 1. The third-order valence-corrected chi connectivity index (χ3v) is 6.98. The third-order valence-electron chi connectivity index (χ3n) is 6.98. The van der Waals surface area contributed by atoms with E-state index in [1.807, 2.05) is 30.1 Å². The van der Waals surface area contributed by atoms with E-state index in [1.54, 1.807) is 6.08 Å². The second kappa shape index (κ2) is 7.43. The van der Waals surface area contributed by atoms with E-state index >= 15 is 0 Å². The van der Waals surface area contributed by atoms with Crippen LogP contribution in [0.2, 0.25) is 0 Å². The molecule has 0 N–H and O–H groups in total. The minimum absolute atomic E-state index is 0.00399. The van der Waals surface area contributed by atoms with Crippen LogP contribution in [-0.2, 0) is 24.5 Å². The zero-order valence-corrected chi connectivity index (χ0v) is 17.4. The van der Waals surface area contributed by atoms with E-state index in [-0.39, 0.29) is 41.5 Å². The lowest BCUT2D eigenvalue weighted by atomic mass is 9.67. The van der Waals surface area contributed by atoms with Crippen molar-refractivity contribution in [3.8, 4) is 0 Å². The van der Waals surface area contributed by atoms with Gasteiger partial charge in [-0.3, -0.25) is 14.4 Å². The van der Waals surface area contributed by atoms with Crippen LogP contribution in [-0.4, -0.2) is 31.2 Å². The Morgan fingerprint density at radius 1 is 1.17 bits per heavy atom. The van der Waals surface area contributed by atoms with Gasteiger partial charge in [-0.1, -0.05) is 38.5 Å². The van der Waals surface area contributed by atoms with E-state index in [1.165, 1.54) is 5.56 Å². The number of carbonyl (C=O) groups excluding carboxylic acids is 3. The molecule has 1 aromatic carbocycles. The summed E-state index contributed by atoms with van der Waals surface area (Å²) >= 11 is 0. The highest BCUT2D eigenvalue weighted by Crippen LogP contribution is 2.46. The van der Waals surface area contributed by atoms with Gasteiger partial charge in [0.15, 0.2) is 12.4 Å². The normalized spacial score (nSPS) is 28.9. The quantitative estimate of drug-likeness (QED) is 0.573. The SMILES string of the molecule is CN1C(=CC(=O)COC(=O)C2C[C@H]3CCC[C@@H](C2)C3=O)C(C)(C)c2ccccc21. The van der Waals surface area contributed by atoms with Gasteiger partial charge in [-0.25, -0.2) is 0 Å². The number of nitrogens with zero attached hydrogens (tertiary/aromatic N) is 1. The van der Waals surface area contributed by atoms with Crippen molar-refractivity contribution in [3.63, 3.8) is 0 Å². The highest BCUT2D eigenvalue weighted by Gasteiger charge is 2.42. The molecule has 5 heteroatoms. The number of fused-ring (bicyclic) bond motifs is 3. The first kappa shape index (κ1) is 19.9. The summed E-state index contributed by atoms with van der Waals surface area (Å²) in [6, 6.07) is 8.12. The smallest absolute Gasteiger partial charge is 0.309 e. The van der Waals surface area contributed by atoms with Crippen LogP contribution in [0, 0.1) is 17.8 Å². The Kier molecular flexibility index (Phi) is 5.09. The minimum atomic E-state index is -0.330. The van der Waals surface area contributed by atoms with Gasteiger partial charge in [-0.15, -0.1) is 0 Å². The zero-order valence-electron chi connectivity index (χ0n) is 17.4. The number of Topliss-reactive ketones (excluding diaryl/α,β-unsaturated/α-hetero) is 1. The maximum atomic E-state index is 12.6. The summed E-state index contributed by atoms with van der Waals surface area (Å²) in [5.41, 5.74) is 2.88. The number of esters is 1. The fourth-order valence-corrected chi connectivity index (χ4v) is 5.39. The number of anilines is 1. The Hall–Kier alpha value is -2.43. The number of ketones is 2. The number of likely N-dealkylation sites (N-methyl/N-ethyl adjacent to an activating group) is 1. The van der Waals surface area contributed by atoms with Gasteiger partial charge < -0.3 is 9.64 Å². The van der Waals surface area contributed by atoms with E-state index in [4.69, 9.17) is 4.74 Å². The van der Waals surface area contributed by atoms with Crippen molar-refractivity contribution in [1.29, 1.82) is 0 Å². The molecule has 1 aromatic rings. The van der Waals surface area contributed by atoms with Crippen LogP contribution in [0.15, 0.2) is 36.0 Å². The summed E-state index contributed by atoms with van der Waals surface area (Å²) in [6.07, 6.45) is 5.59. The van der Waals surface area contributed by atoms with Gasteiger partial charge in [-0.05, 0) is 37.3 Å². The average molecular weight is 395 g/mol. The Balaban J connectivity index is 1.39. The monoisotopic (exact) mass is 395 g/mol. The maximum absolute atomic E-state index is 12.6. The van der Waals surface area contributed by atoms with Crippen LogP contribution in [0.5, 0.6) is 0 Å². The molecule has 1 unspecified atom stereocenters. The summed E-state index contributed by atoms with van der Waals surface area (Å²) in [4.78, 5) is 39.3. The number of hydrogen-bond donors (Lipinski definition) is 0. The summed E-state index contributed by atoms with van der Waals surface area (Å²) in [5.74, 6) is -0.462. The van der Waals surface area contributed by atoms with E-state index in [9.17, 15) is 14.4 Å². The Morgan fingerprint density at radius 2 is 1.83 bits per heavy atom. The largest absolute Gasteiger partial charge is 0.457 e. The topological polar surface area (TPSA) is 63.7 Å². The fourth-order valence-electron chi connectivity index (χ4n) is 5.39. The second-order valence-corrected chi connectivity index (χ2v) is 9.20. The molecule has 2 aliphatic carbocycles. The summed E-state index contributed by atoms with van der Waals surface area (Å²) in [5, 5.41) is 0. The van der Waals surface area contributed by atoms with Crippen molar-refractivity contribution in [2.75, 3.05) is 18.6 Å². The molecule has 0 saturated heterocycles. The number of benzene rings is 1. The molecule has 4 rings (SSSR count). The Morgan fingerprint density at radius 3 is 2.48 bits per heavy atom. The first-order valence-electron chi connectivity index (χ1n) is 10.6. The van der Waals surface area contributed by atoms with Gasteiger partial charge in [0, 0.05) is 41.8 Å². The molecule has 29 heavy (non-hydrogen) atoms. The summed E-state index contributed by atoms with van der Waals surface area (Å²) in [7, 11) is 1.95. The molecular weight excluding hydrogens is 366 g/mol. The maximum Gasteiger partial charge on any atom is 0.309 e. The molecule has 154 valence electrons. The van der Waals surface area contributed by atoms with Gasteiger partial charge in [0.1, 0.15) is 5.78 Å². The molecule has 0 amide bonds. The molecule has 2 saturated carbocycles. The molecule has 2 fully saturated rings. The highest BCUT2D eigenvalue weighted by molar-refractivity contribution is 5.95. The third kappa shape index (κ3) is 3.52. The average Bonchev–Trinajstić information content (AvgIpc) is 2.87. The summed E-state index contributed by atoms with van der Waals surface area (Å²) < 4.78 is 5.37. The van der Waals surface area contributed by atoms with Crippen molar-refractivity contribution in [2.45, 2.75) is 51.4 Å². The fraction of sp³-hybridized carbons (Fsp3) is 0.542. The van der Waals surface area contributed by atoms with E-state index in [0.29, 0.717) is 18.6 Å². The van der Waals surface area contributed by atoms with Crippen LogP contribution in [0.25, 0.3) is 0 Å². The van der Waals surface area contributed by atoms with Gasteiger partial charge in [0.2, 0.25) is 0 Å². The number of carbonyl (C=O) groups is 3. The van der Waals surface area contributed by atoms with Gasteiger partial charge >= 0.3 is 5.97 Å². The molecule has 1 heterocycles. The van der Waals surface area contributed by atoms with Crippen LogP contribution >= 0.6 is 0 Å². The molecule has 3 atom stereocenters. The first-order chi connectivity index (χ1) is 13.8. The van der Waals surface area contributed by atoms with Gasteiger partial charge in [-0.2, -0.15) is 0 Å². The highest BCUT2D eigenvalue weighted by atomic mass is 16.5. The van der Waals surface area contributed by atoms with Crippen LogP contribution in [0.4, 0.5) is 5.69 Å². The van der Waals surface area contributed by atoms with E-state index in [2.05, 4.69) is 19.9 Å². The lowest BCUT2D eigenvalue weighted by Crippen LogP contribution is -2.39. The summed E-state index contributed by atoms with van der Waals surface area (Å²) in [6.45, 7) is 3.94. The Bertz CT molecular complexity index is 869. The first-order valence-corrected chi connectivity index (χ1v) is 10.6. The molecular formula is C24H29NO4. The molecule has 2 bridgehead atoms. The molecule has 0 aromatic heterocycles. The molecule has 3 aliphatic rings. The lowest BCUT2D eigenvalue weighted by Gasteiger charge is -2.36. The van der Waals surface area contributed by atoms with Crippen LogP contribution in [0.3, 0.4) is 0 Å². The zero-order chi connectivity index (χ0) is 20.8. The predicted octanol–water partition coefficient (Wildman–Crippen LogP) is 3.81. The number of hydrogen-bond acceptors (Lipinski definition) is 5. The van der Waals surface area contributed by atoms with Crippen LogP contribution in [0.1, 0.15) is 51.5 Å². The molecule has 0 spiro atoms. The number of rotatable bonds is 4. The predicted molar refractivity (Wildman–Crippen MR) is 110 cm³/mol. The lowest BCUT2D eigenvalue weighted by molar-refractivity contribution is -0.155. The van der Waals surface area contributed by atoms with E-state index < -0.39 is 0 Å². The van der Waals surface area contributed by atoms with Gasteiger partial charge in [0.05, 0.1) is 5.92 Å². The van der Waals surface area contributed by atoms with Gasteiger partial charge in [0.25, 0.3) is 0 Å². The Labute approximate surface area is 172 Å². The van der Waals surface area contributed by atoms with Crippen molar-refractivity contribution < 1.29 is 19.1 Å². The second-order valence-electron chi connectivity index (χ2n) is 9.20. The van der Waals surface area contributed by atoms with Crippen molar-refractivity contribution in [2.24, 2.45) is 17.8 Å². The van der Waals surface area contributed by atoms with Crippen molar-refractivity contribution in [1.82, 2.24) is 0 Å². The van der Waals surface area contributed by atoms with Crippen molar-refractivity contribution >= 4 is 23.2 Å². The molecule has 1 aliphatic heterocycles. The molecule has 5 nitrogen and oxygen atoms in total. The number of para-hydroxylation sites is 1.